The highest BCUT2D eigenvalue weighted by Gasteiger charge is 2.35. The molecule has 0 bridgehead atoms. The van der Waals surface area contributed by atoms with Crippen LogP contribution in [0.5, 0.6) is 0 Å². The van der Waals surface area contributed by atoms with Crippen LogP contribution in [0.3, 0.4) is 0 Å². The average molecular weight is 299 g/mol. The minimum absolute atomic E-state index is 0.0884. The molecule has 0 aliphatic heterocycles. The molecule has 0 aliphatic carbocycles. The summed E-state index contributed by atoms with van der Waals surface area (Å²) < 4.78 is 52.2. The van der Waals surface area contributed by atoms with E-state index in [0.29, 0.717) is 23.0 Å². The number of nitrogens with two attached hydrogens (primary N) is 1. The first-order valence-corrected chi connectivity index (χ1v) is 6.15. The molecule has 0 saturated heterocycles. The summed E-state index contributed by atoms with van der Waals surface area (Å²) in [4.78, 5) is 8.13. The predicted octanol–water partition coefficient (Wildman–Crippen LogP) is 3.38. The second-order valence-electron chi connectivity index (χ2n) is 4.59. The number of hydrogen-bond donors (Lipinski definition) is 1. The van der Waals surface area contributed by atoms with Crippen LogP contribution in [0.15, 0.2) is 18.2 Å². The Balaban J connectivity index is 2.68. The Morgan fingerprint density at radius 2 is 1.67 bits per heavy atom. The van der Waals surface area contributed by atoms with Crippen LogP contribution in [0.4, 0.5) is 17.6 Å². The minimum Gasteiger partial charge on any atom is -0.326 e. The summed E-state index contributed by atoms with van der Waals surface area (Å²) in [7, 11) is 0. The fourth-order valence-corrected chi connectivity index (χ4v) is 2.10. The number of nitrogens with zero attached hydrogens (tertiary/aromatic N) is 2. The molecule has 0 atom stereocenters. The lowest BCUT2D eigenvalue weighted by Gasteiger charge is -2.14. The van der Waals surface area contributed by atoms with E-state index in [1.54, 1.807) is 13.8 Å². The smallest absolute Gasteiger partial charge is 0.326 e. The van der Waals surface area contributed by atoms with Crippen LogP contribution in [0, 0.1) is 19.7 Å². The van der Waals surface area contributed by atoms with Gasteiger partial charge in [0, 0.05) is 29.1 Å². The number of halogens is 4. The Morgan fingerprint density at radius 1 is 1.10 bits per heavy atom. The Bertz CT molecular complexity index is 657. The van der Waals surface area contributed by atoms with Gasteiger partial charge in [0.15, 0.2) is 5.82 Å². The van der Waals surface area contributed by atoms with Crippen molar-refractivity contribution in [3.63, 3.8) is 0 Å². The van der Waals surface area contributed by atoms with Crippen LogP contribution < -0.4 is 5.73 Å². The standard InChI is InChI=1S/C14H13F4N3/c1-7-11(6-19)8(2)21-13(20-7)10-4-3-9(15)5-12(10)14(16,17)18/h3-5H,6,19H2,1-2H3. The summed E-state index contributed by atoms with van der Waals surface area (Å²) in [5, 5.41) is 0. The van der Waals surface area contributed by atoms with Crippen molar-refractivity contribution >= 4 is 0 Å². The highest BCUT2D eigenvalue weighted by atomic mass is 19.4. The van der Waals surface area contributed by atoms with Crippen molar-refractivity contribution in [2.24, 2.45) is 5.73 Å². The quantitative estimate of drug-likeness (QED) is 0.865. The number of aryl methyl sites for hydroxylation is 2. The number of aromatic nitrogens is 2. The van der Waals surface area contributed by atoms with Gasteiger partial charge >= 0.3 is 6.18 Å². The second-order valence-corrected chi connectivity index (χ2v) is 4.59. The van der Waals surface area contributed by atoms with E-state index < -0.39 is 17.6 Å². The molecule has 3 nitrogen and oxygen atoms in total. The second kappa shape index (κ2) is 5.40. The minimum atomic E-state index is -4.69. The van der Waals surface area contributed by atoms with Gasteiger partial charge in [-0.2, -0.15) is 13.2 Å². The van der Waals surface area contributed by atoms with Gasteiger partial charge in [-0.25, -0.2) is 14.4 Å². The molecule has 0 radical (unpaired) electrons. The summed E-state index contributed by atoms with van der Waals surface area (Å²) in [5.41, 5.74) is 5.92. The highest BCUT2D eigenvalue weighted by Crippen LogP contribution is 2.36. The van der Waals surface area contributed by atoms with Crippen LogP contribution in [-0.2, 0) is 12.7 Å². The average Bonchev–Trinajstić information content (AvgIpc) is 2.37. The van der Waals surface area contributed by atoms with Crippen molar-refractivity contribution in [2.45, 2.75) is 26.6 Å². The van der Waals surface area contributed by atoms with Crippen molar-refractivity contribution in [1.29, 1.82) is 0 Å². The normalized spacial score (nSPS) is 11.8. The Morgan fingerprint density at radius 3 is 2.14 bits per heavy atom. The zero-order valence-electron chi connectivity index (χ0n) is 11.4. The lowest BCUT2D eigenvalue weighted by molar-refractivity contribution is -0.137. The lowest BCUT2D eigenvalue weighted by Crippen LogP contribution is -2.11. The van der Waals surface area contributed by atoms with E-state index in [-0.39, 0.29) is 17.9 Å². The van der Waals surface area contributed by atoms with Crippen molar-refractivity contribution in [3.8, 4) is 11.4 Å². The molecule has 0 fully saturated rings. The fraction of sp³-hybridized carbons (Fsp3) is 0.286. The molecule has 1 heterocycles. The van der Waals surface area contributed by atoms with E-state index in [2.05, 4.69) is 9.97 Å². The molecule has 0 unspecified atom stereocenters. The molecule has 2 N–H and O–H groups in total. The molecule has 2 aromatic rings. The van der Waals surface area contributed by atoms with E-state index in [9.17, 15) is 17.6 Å². The number of rotatable bonds is 2. The van der Waals surface area contributed by atoms with E-state index in [4.69, 9.17) is 5.73 Å². The van der Waals surface area contributed by atoms with Crippen molar-refractivity contribution in [3.05, 3.63) is 46.5 Å². The largest absolute Gasteiger partial charge is 0.417 e. The fourth-order valence-electron chi connectivity index (χ4n) is 2.10. The molecule has 1 aromatic heterocycles. The zero-order valence-corrected chi connectivity index (χ0v) is 11.4. The zero-order chi connectivity index (χ0) is 15.8. The van der Waals surface area contributed by atoms with Gasteiger partial charge in [0.25, 0.3) is 0 Å². The van der Waals surface area contributed by atoms with Crippen molar-refractivity contribution in [2.75, 3.05) is 0 Å². The summed E-state index contributed by atoms with van der Waals surface area (Å²) in [6.45, 7) is 3.50. The maximum atomic E-state index is 13.1. The number of benzene rings is 1. The molecular weight excluding hydrogens is 286 g/mol. The van der Waals surface area contributed by atoms with E-state index in [1.807, 2.05) is 0 Å². The molecule has 112 valence electrons. The monoisotopic (exact) mass is 299 g/mol. The topological polar surface area (TPSA) is 51.8 Å². The van der Waals surface area contributed by atoms with Crippen molar-refractivity contribution < 1.29 is 17.6 Å². The SMILES string of the molecule is Cc1nc(-c2ccc(F)cc2C(F)(F)F)nc(C)c1CN. The van der Waals surface area contributed by atoms with Crippen LogP contribution in [0.1, 0.15) is 22.5 Å². The van der Waals surface area contributed by atoms with Gasteiger partial charge in [-0.1, -0.05) is 0 Å². The highest BCUT2D eigenvalue weighted by molar-refractivity contribution is 5.62. The van der Waals surface area contributed by atoms with Crippen molar-refractivity contribution in [1.82, 2.24) is 9.97 Å². The summed E-state index contributed by atoms with van der Waals surface area (Å²) in [6.07, 6.45) is -4.69. The predicted molar refractivity (Wildman–Crippen MR) is 69.8 cm³/mol. The summed E-state index contributed by atoms with van der Waals surface area (Å²) in [6, 6.07) is 2.43. The van der Waals surface area contributed by atoms with E-state index in [1.165, 1.54) is 0 Å². The molecule has 21 heavy (non-hydrogen) atoms. The molecule has 0 aliphatic rings. The molecule has 1 aromatic carbocycles. The molecule has 0 saturated carbocycles. The summed E-state index contributed by atoms with van der Waals surface area (Å²) >= 11 is 0. The van der Waals surface area contributed by atoms with Crippen LogP contribution in [0.25, 0.3) is 11.4 Å². The summed E-state index contributed by atoms with van der Waals surface area (Å²) in [5.74, 6) is -1.05. The molecule has 7 heteroatoms. The molecule has 0 amide bonds. The number of alkyl halides is 3. The first kappa shape index (κ1) is 15.4. The molecular formula is C14H13F4N3. The first-order valence-electron chi connectivity index (χ1n) is 6.15. The van der Waals surface area contributed by atoms with Gasteiger partial charge in [-0.05, 0) is 32.0 Å². The van der Waals surface area contributed by atoms with E-state index in [0.717, 1.165) is 12.1 Å². The van der Waals surface area contributed by atoms with Crippen LogP contribution in [-0.4, -0.2) is 9.97 Å². The molecule has 0 spiro atoms. The Kier molecular flexibility index (Phi) is 3.95. The Labute approximate surface area is 118 Å². The maximum absolute atomic E-state index is 13.1. The van der Waals surface area contributed by atoms with Gasteiger partial charge in [-0.3, -0.25) is 0 Å². The third-order valence-electron chi connectivity index (χ3n) is 3.15. The third kappa shape index (κ3) is 3.02. The van der Waals surface area contributed by atoms with Crippen LogP contribution >= 0.6 is 0 Å². The number of hydrogen-bond acceptors (Lipinski definition) is 3. The third-order valence-corrected chi connectivity index (χ3v) is 3.15. The molecule has 2 rings (SSSR count). The van der Waals surface area contributed by atoms with Crippen LogP contribution in [0.2, 0.25) is 0 Å². The van der Waals surface area contributed by atoms with Gasteiger partial charge in [0.2, 0.25) is 0 Å². The van der Waals surface area contributed by atoms with E-state index >= 15 is 0 Å². The lowest BCUT2D eigenvalue weighted by atomic mass is 10.0. The van der Waals surface area contributed by atoms with Gasteiger partial charge < -0.3 is 5.73 Å². The first-order chi connectivity index (χ1) is 9.74. The van der Waals surface area contributed by atoms with Gasteiger partial charge in [0.05, 0.1) is 5.56 Å². The van der Waals surface area contributed by atoms with Gasteiger partial charge in [0.1, 0.15) is 5.82 Å². The van der Waals surface area contributed by atoms with Gasteiger partial charge in [-0.15, -0.1) is 0 Å². The maximum Gasteiger partial charge on any atom is 0.417 e. The Hall–Kier alpha value is -2.02.